The zero-order valence-electron chi connectivity index (χ0n) is 13.5. The lowest BCUT2D eigenvalue weighted by Gasteiger charge is -2.13. The number of nitrogens with one attached hydrogen (secondary N) is 2. The van der Waals surface area contributed by atoms with E-state index in [4.69, 9.17) is 16.3 Å². The van der Waals surface area contributed by atoms with Gasteiger partial charge in [-0.25, -0.2) is 0 Å². The first-order valence-electron chi connectivity index (χ1n) is 7.51. The number of ether oxygens (including phenoxy) is 1. The molecule has 0 spiro atoms. The smallest absolute Gasteiger partial charge is 0.243 e. The van der Waals surface area contributed by atoms with Gasteiger partial charge in [-0.15, -0.1) is 0 Å². The van der Waals surface area contributed by atoms with Crippen LogP contribution < -0.4 is 15.4 Å². The van der Waals surface area contributed by atoms with Crippen LogP contribution in [0.4, 0.5) is 11.4 Å². The summed E-state index contributed by atoms with van der Waals surface area (Å²) in [4.78, 5) is 12.1. The summed E-state index contributed by atoms with van der Waals surface area (Å²) in [6.45, 7) is 6.00. The molecular weight excluding hydrogens is 312 g/mol. The van der Waals surface area contributed by atoms with Gasteiger partial charge in [0.15, 0.2) is 0 Å². The van der Waals surface area contributed by atoms with Gasteiger partial charge in [-0.1, -0.05) is 23.7 Å². The minimum atomic E-state index is -0.133. The summed E-state index contributed by atoms with van der Waals surface area (Å²) in [5.41, 5.74) is 2.48. The van der Waals surface area contributed by atoms with Crippen molar-refractivity contribution < 1.29 is 9.53 Å². The van der Waals surface area contributed by atoms with Crippen LogP contribution in [0, 0.1) is 6.92 Å². The summed E-state index contributed by atoms with van der Waals surface area (Å²) >= 11 is 6.06. The topological polar surface area (TPSA) is 50.4 Å². The zero-order chi connectivity index (χ0) is 16.8. The normalized spacial score (nSPS) is 10.5. The van der Waals surface area contributed by atoms with E-state index < -0.39 is 0 Å². The summed E-state index contributed by atoms with van der Waals surface area (Å²) in [5, 5.41) is 6.61. The fourth-order valence-corrected chi connectivity index (χ4v) is 2.27. The molecule has 23 heavy (non-hydrogen) atoms. The van der Waals surface area contributed by atoms with Gasteiger partial charge in [0, 0.05) is 22.5 Å². The number of rotatable bonds is 6. The summed E-state index contributed by atoms with van der Waals surface area (Å²) in [5.74, 6) is 0.600. The van der Waals surface area contributed by atoms with E-state index in [1.165, 1.54) is 0 Å². The highest BCUT2D eigenvalue weighted by molar-refractivity contribution is 6.31. The average molecular weight is 333 g/mol. The maximum atomic E-state index is 12.1. The Morgan fingerprint density at radius 2 is 1.96 bits per heavy atom. The van der Waals surface area contributed by atoms with Crippen LogP contribution >= 0.6 is 11.6 Å². The van der Waals surface area contributed by atoms with E-state index in [0.717, 1.165) is 17.0 Å². The highest BCUT2D eigenvalue weighted by atomic mass is 35.5. The van der Waals surface area contributed by atoms with Crippen molar-refractivity contribution >= 4 is 28.9 Å². The number of hydrogen-bond acceptors (Lipinski definition) is 3. The molecule has 0 aliphatic rings. The molecule has 0 saturated carbocycles. The zero-order valence-corrected chi connectivity index (χ0v) is 14.3. The van der Waals surface area contributed by atoms with Crippen LogP contribution in [0.3, 0.4) is 0 Å². The van der Waals surface area contributed by atoms with Gasteiger partial charge < -0.3 is 15.4 Å². The van der Waals surface area contributed by atoms with Crippen LogP contribution in [0.25, 0.3) is 0 Å². The van der Waals surface area contributed by atoms with Gasteiger partial charge in [-0.05, 0) is 50.6 Å². The fourth-order valence-electron chi connectivity index (χ4n) is 2.10. The van der Waals surface area contributed by atoms with E-state index in [1.54, 1.807) is 0 Å². The molecular formula is C18H21ClN2O2. The summed E-state index contributed by atoms with van der Waals surface area (Å²) in [6.07, 6.45) is 0.0911. The molecule has 0 aromatic heterocycles. The molecule has 1 amide bonds. The maximum absolute atomic E-state index is 12.1. The fraction of sp³-hybridized carbons (Fsp3) is 0.278. The summed E-state index contributed by atoms with van der Waals surface area (Å²) < 4.78 is 5.61. The Bertz CT molecular complexity index is 686. The largest absolute Gasteiger partial charge is 0.491 e. The van der Waals surface area contributed by atoms with Gasteiger partial charge >= 0.3 is 0 Å². The molecule has 0 fully saturated rings. The van der Waals surface area contributed by atoms with Crippen LogP contribution in [0.5, 0.6) is 5.75 Å². The predicted octanol–water partition coefficient (Wildman–Crippen LogP) is 4.49. The average Bonchev–Trinajstić information content (AvgIpc) is 2.48. The molecule has 0 bridgehead atoms. The van der Waals surface area contributed by atoms with E-state index >= 15 is 0 Å². The molecule has 2 aromatic carbocycles. The van der Waals surface area contributed by atoms with Crippen LogP contribution in [0.1, 0.15) is 19.4 Å². The number of halogens is 1. The first kappa shape index (κ1) is 17.2. The number of hydrogen-bond donors (Lipinski definition) is 2. The van der Waals surface area contributed by atoms with Gasteiger partial charge in [-0.2, -0.15) is 0 Å². The lowest BCUT2D eigenvalue weighted by atomic mass is 10.2. The number of carbonyl (C=O) groups is 1. The first-order chi connectivity index (χ1) is 11.0. The second-order valence-corrected chi connectivity index (χ2v) is 5.92. The Kier molecular flexibility index (Phi) is 5.88. The third-order valence-electron chi connectivity index (χ3n) is 3.20. The number of anilines is 2. The molecule has 0 atom stereocenters. The van der Waals surface area contributed by atoms with E-state index in [0.29, 0.717) is 10.7 Å². The third kappa shape index (κ3) is 5.18. The Hall–Kier alpha value is -2.20. The van der Waals surface area contributed by atoms with Gasteiger partial charge in [-0.3, -0.25) is 4.79 Å². The second-order valence-electron chi connectivity index (χ2n) is 5.51. The van der Waals surface area contributed by atoms with Crippen LogP contribution in [0.2, 0.25) is 5.02 Å². The van der Waals surface area contributed by atoms with Gasteiger partial charge in [0.1, 0.15) is 5.75 Å². The Labute approximate surface area is 141 Å². The van der Waals surface area contributed by atoms with Gasteiger partial charge in [0.2, 0.25) is 5.91 Å². The van der Waals surface area contributed by atoms with E-state index in [1.807, 2.05) is 63.2 Å². The lowest BCUT2D eigenvalue weighted by molar-refractivity contribution is -0.114. The van der Waals surface area contributed by atoms with E-state index in [9.17, 15) is 4.79 Å². The van der Waals surface area contributed by atoms with Gasteiger partial charge in [0.05, 0.1) is 12.6 Å². The van der Waals surface area contributed by atoms with Crippen LogP contribution in [-0.2, 0) is 4.79 Å². The van der Waals surface area contributed by atoms with E-state index in [2.05, 4.69) is 10.6 Å². The first-order valence-corrected chi connectivity index (χ1v) is 7.89. The summed E-state index contributed by atoms with van der Waals surface area (Å²) in [6, 6.07) is 12.9. The molecule has 0 heterocycles. The predicted molar refractivity (Wildman–Crippen MR) is 95.5 cm³/mol. The second kappa shape index (κ2) is 7.88. The molecule has 5 heteroatoms. The van der Waals surface area contributed by atoms with Crippen molar-refractivity contribution in [2.45, 2.75) is 26.9 Å². The molecule has 122 valence electrons. The van der Waals surface area contributed by atoms with Crippen molar-refractivity contribution in [1.29, 1.82) is 0 Å². The number of carbonyl (C=O) groups excluding carboxylic acids is 1. The van der Waals surface area contributed by atoms with Gasteiger partial charge in [0.25, 0.3) is 0 Å². The van der Waals surface area contributed by atoms with Crippen molar-refractivity contribution in [1.82, 2.24) is 0 Å². The van der Waals surface area contributed by atoms with Crippen molar-refractivity contribution in [3.8, 4) is 5.75 Å². The summed E-state index contributed by atoms with van der Waals surface area (Å²) in [7, 11) is 0. The SMILES string of the molecule is Cc1c(Cl)cccc1NCC(=O)Nc1cccc(OC(C)C)c1. The molecule has 0 aliphatic carbocycles. The molecule has 4 nitrogen and oxygen atoms in total. The third-order valence-corrected chi connectivity index (χ3v) is 3.61. The lowest BCUT2D eigenvalue weighted by Crippen LogP contribution is -2.22. The molecule has 0 radical (unpaired) electrons. The molecule has 0 aliphatic heterocycles. The standard InChI is InChI=1S/C18H21ClN2O2/c1-12(2)23-15-7-4-6-14(10-15)21-18(22)11-20-17-9-5-8-16(19)13(17)3/h4-10,12,20H,11H2,1-3H3,(H,21,22). The maximum Gasteiger partial charge on any atom is 0.243 e. The monoisotopic (exact) mass is 332 g/mol. The molecule has 0 unspecified atom stereocenters. The molecule has 2 N–H and O–H groups in total. The quantitative estimate of drug-likeness (QED) is 0.819. The Morgan fingerprint density at radius 1 is 1.22 bits per heavy atom. The Morgan fingerprint density at radius 3 is 2.70 bits per heavy atom. The minimum Gasteiger partial charge on any atom is -0.491 e. The molecule has 2 rings (SSSR count). The number of benzene rings is 2. The van der Waals surface area contributed by atoms with Crippen molar-refractivity contribution in [2.24, 2.45) is 0 Å². The highest BCUT2D eigenvalue weighted by Gasteiger charge is 2.06. The Balaban J connectivity index is 1.93. The van der Waals surface area contributed by atoms with Crippen LogP contribution in [0.15, 0.2) is 42.5 Å². The number of amides is 1. The van der Waals surface area contributed by atoms with Crippen molar-refractivity contribution in [2.75, 3.05) is 17.2 Å². The highest BCUT2D eigenvalue weighted by Crippen LogP contribution is 2.23. The van der Waals surface area contributed by atoms with E-state index in [-0.39, 0.29) is 18.6 Å². The van der Waals surface area contributed by atoms with Crippen molar-refractivity contribution in [3.05, 3.63) is 53.1 Å². The van der Waals surface area contributed by atoms with Crippen LogP contribution in [-0.4, -0.2) is 18.6 Å². The van der Waals surface area contributed by atoms with Crippen molar-refractivity contribution in [3.63, 3.8) is 0 Å². The molecule has 2 aromatic rings. The molecule has 0 saturated heterocycles. The minimum absolute atomic E-state index is 0.0911.